The summed E-state index contributed by atoms with van der Waals surface area (Å²) in [4.78, 5) is 8.25. The molecule has 3 saturated heterocycles. The number of rotatable bonds is 14. The highest BCUT2D eigenvalue weighted by molar-refractivity contribution is 7.86. The molecule has 43 heavy (non-hydrogen) atoms. The lowest BCUT2D eigenvalue weighted by Gasteiger charge is -2.35. The average molecular weight is 686 g/mol. The molecule has 3 aliphatic rings. The smallest absolute Gasteiger partial charge is 0.266 e. The van der Waals surface area contributed by atoms with Crippen LogP contribution in [-0.2, 0) is 35.1 Å². The van der Waals surface area contributed by atoms with Gasteiger partial charge in [0.15, 0.2) is 0 Å². The maximum absolute atomic E-state index is 10.6. The van der Waals surface area contributed by atoms with Crippen molar-refractivity contribution in [2.75, 3.05) is 129 Å². The van der Waals surface area contributed by atoms with Gasteiger partial charge in [-0.3, -0.25) is 33.3 Å². The number of aliphatic hydroxyl groups excluding tert-OH is 2. The third-order valence-electron chi connectivity index (χ3n) is 7.10. The lowest BCUT2D eigenvalue weighted by atomic mass is 10.1. The van der Waals surface area contributed by atoms with Crippen LogP contribution in [0.15, 0.2) is 0 Å². The first-order valence-corrected chi connectivity index (χ1v) is 19.2. The Hall–Kier alpha value is -0.590. The van der Waals surface area contributed by atoms with Gasteiger partial charge in [-0.05, 0) is 19.4 Å². The normalized spacial score (nSPS) is 21.8. The highest BCUT2D eigenvalue weighted by Gasteiger charge is 2.22. The molecule has 3 rings (SSSR count). The second-order valence-corrected chi connectivity index (χ2v) is 15.2. The van der Waals surface area contributed by atoms with E-state index < -0.39 is 30.4 Å². The largest absolute Gasteiger partial charge is 0.396 e. The van der Waals surface area contributed by atoms with Crippen molar-refractivity contribution in [3.05, 3.63) is 0 Å². The van der Waals surface area contributed by atoms with E-state index in [-0.39, 0.29) is 36.5 Å². The molecule has 0 bridgehead atoms. The van der Waals surface area contributed by atoms with Crippen LogP contribution < -0.4 is 5.32 Å². The Balaban J connectivity index is 0.000000324. The van der Waals surface area contributed by atoms with Crippen molar-refractivity contribution in [3.8, 4) is 0 Å². The van der Waals surface area contributed by atoms with Crippen molar-refractivity contribution in [1.29, 1.82) is 0 Å². The minimum atomic E-state index is -3.89. The van der Waals surface area contributed by atoms with Crippen molar-refractivity contribution in [3.63, 3.8) is 0 Å². The van der Waals surface area contributed by atoms with E-state index in [1.807, 2.05) is 9.80 Å². The molecule has 3 heterocycles. The van der Waals surface area contributed by atoms with Gasteiger partial charge in [0.25, 0.3) is 30.4 Å². The first-order chi connectivity index (χ1) is 20.1. The number of nitrogens with one attached hydrogen (secondary N) is 1. The minimum absolute atomic E-state index is 0.0920. The number of nitrogens with zero attached hydrogens (tertiary/aromatic N) is 4. The number of piperazine rings is 2. The molecule has 0 aromatic carbocycles. The zero-order valence-corrected chi connectivity index (χ0v) is 27.2. The van der Waals surface area contributed by atoms with Crippen molar-refractivity contribution in [2.24, 2.45) is 0 Å². The molecular weight excluding hydrogens is 634 g/mol. The third-order valence-corrected chi connectivity index (χ3v) is 9.30. The SMILES string of the molecule is O=S(=O)(O)CCCN1CCOCC1.O=S(=O)(O)CCN1CCN(CCO)CC1.O=S(=O)(O)CCN1CCNCC1CCO. The molecule has 6 N–H and O–H groups in total. The fourth-order valence-corrected chi connectivity index (χ4v) is 6.13. The van der Waals surface area contributed by atoms with Gasteiger partial charge >= 0.3 is 0 Å². The Bertz CT molecular complexity index is 1050. The number of hydrogen-bond donors (Lipinski definition) is 6. The zero-order valence-electron chi connectivity index (χ0n) is 24.7. The maximum atomic E-state index is 10.6. The zero-order chi connectivity index (χ0) is 32.4. The highest BCUT2D eigenvalue weighted by Crippen LogP contribution is 2.07. The molecule has 0 aromatic heterocycles. The predicted octanol–water partition coefficient (Wildman–Crippen LogP) is -3.39. The number of aliphatic hydroxyl groups is 2. The second kappa shape index (κ2) is 21.3. The van der Waals surface area contributed by atoms with E-state index in [9.17, 15) is 25.3 Å². The molecule has 1 atom stereocenters. The molecule has 20 heteroatoms. The molecule has 0 aromatic rings. The fourth-order valence-electron chi connectivity index (χ4n) is 4.68. The van der Waals surface area contributed by atoms with Gasteiger partial charge < -0.3 is 20.3 Å². The molecule has 17 nitrogen and oxygen atoms in total. The van der Waals surface area contributed by atoms with E-state index in [4.69, 9.17) is 28.6 Å². The van der Waals surface area contributed by atoms with Crippen LogP contribution in [0.25, 0.3) is 0 Å². The quantitative estimate of drug-likeness (QED) is 0.0978. The Labute approximate surface area is 256 Å². The Morgan fingerprint density at radius 3 is 1.65 bits per heavy atom. The fraction of sp³-hybridized carbons (Fsp3) is 1.00. The van der Waals surface area contributed by atoms with Gasteiger partial charge in [-0.2, -0.15) is 25.3 Å². The Morgan fingerprint density at radius 1 is 0.628 bits per heavy atom. The predicted molar refractivity (Wildman–Crippen MR) is 161 cm³/mol. The third kappa shape index (κ3) is 22.5. The van der Waals surface area contributed by atoms with Crippen LogP contribution in [0.1, 0.15) is 12.8 Å². The molecule has 258 valence electrons. The summed E-state index contributed by atoms with van der Waals surface area (Å²) in [5.74, 6) is -0.591. The number of ether oxygens (including phenoxy) is 1. The van der Waals surface area contributed by atoms with Crippen LogP contribution in [0, 0.1) is 0 Å². The van der Waals surface area contributed by atoms with E-state index in [1.165, 1.54) is 0 Å². The topological polar surface area (TPSA) is 238 Å². The number of β-amino-alcohol motifs (C(OH)–C–C–N with tert-alkyl or cyclic N) is 1. The summed E-state index contributed by atoms with van der Waals surface area (Å²) < 4.78 is 93.9. The van der Waals surface area contributed by atoms with Crippen molar-refractivity contribution in [2.45, 2.75) is 18.9 Å². The van der Waals surface area contributed by atoms with Gasteiger partial charge in [0.2, 0.25) is 0 Å². The minimum Gasteiger partial charge on any atom is -0.396 e. The summed E-state index contributed by atoms with van der Waals surface area (Å²) in [5, 5.41) is 20.8. The lowest BCUT2D eigenvalue weighted by Crippen LogP contribution is -2.52. The molecule has 0 radical (unpaired) electrons. The van der Waals surface area contributed by atoms with Gasteiger partial charge in [-0.1, -0.05) is 0 Å². The molecule has 1 unspecified atom stereocenters. The van der Waals surface area contributed by atoms with Crippen LogP contribution in [0.4, 0.5) is 0 Å². The first kappa shape index (κ1) is 40.4. The van der Waals surface area contributed by atoms with E-state index in [0.29, 0.717) is 52.2 Å². The van der Waals surface area contributed by atoms with Gasteiger partial charge in [0.05, 0.1) is 37.1 Å². The van der Waals surface area contributed by atoms with Crippen molar-refractivity contribution < 1.29 is 53.9 Å². The Morgan fingerprint density at radius 2 is 1.14 bits per heavy atom. The Kier molecular flexibility index (Phi) is 20.0. The highest BCUT2D eigenvalue weighted by atomic mass is 32.2. The maximum Gasteiger partial charge on any atom is 0.266 e. The van der Waals surface area contributed by atoms with Crippen molar-refractivity contribution in [1.82, 2.24) is 24.9 Å². The summed E-state index contributed by atoms with van der Waals surface area (Å²) in [5.41, 5.74) is 0. The number of morpholine rings is 1. The summed E-state index contributed by atoms with van der Waals surface area (Å²) >= 11 is 0. The molecular formula is C23H51N5O12S3. The summed E-state index contributed by atoms with van der Waals surface area (Å²) in [7, 11) is -11.5. The van der Waals surface area contributed by atoms with Crippen LogP contribution in [0.3, 0.4) is 0 Å². The van der Waals surface area contributed by atoms with Crippen LogP contribution in [0.5, 0.6) is 0 Å². The van der Waals surface area contributed by atoms with Gasteiger partial charge in [0.1, 0.15) is 0 Å². The van der Waals surface area contributed by atoms with Crippen LogP contribution >= 0.6 is 0 Å². The van der Waals surface area contributed by atoms with E-state index in [2.05, 4.69) is 15.1 Å². The molecule has 0 aliphatic carbocycles. The van der Waals surface area contributed by atoms with Crippen LogP contribution in [0.2, 0.25) is 0 Å². The monoisotopic (exact) mass is 685 g/mol. The van der Waals surface area contributed by atoms with Gasteiger partial charge in [-0.25, -0.2) is 0 Å². The molecule has 3 fully saturated rings. The molecule has 3 aliphatic heterocycles. The molecule has 0 amide bonds. The summed E-state index contributed by atoms with van der Waals surface area (Å²) in [6, 6.07) is 0.158. The van der Waals surface area contributed by atoms with E-state index in [1.54, 1.807) is 0 Å². The van der Waals surface area contributed by atoms with E-state index in [0.717, 1.165) is 58.9 Å². The summed E-state index contributed by atoms with van der Waals surface area (Å²) in [6.07, 6.45) is 1.11. The van der Waals surface area contributed by atoms with E-state index >= 15 is 0 Å². The van der Waals surface area contributed by atoms with Gasteiger partial charge in [0, 0.05) is 91.2 Å². The second-order valence-electron chi connectivity index (χ2n) is 10.5. The van der Waals surface area contributed by atoms with Crippen molar-refractivity contribution >= 4 is 30.4 Å². The average Bonchev–Trinajstić information content (AvgIpc) is 2.92. The summed E-state index contributed by atoms with van der Waals surface area (Å²) in [6.45, 7) is 11.0. The standard InChI is InChI=1S/2C8H18N2O4S.C7H15NO4S/c11-5-1-8-7-9-2-3-10(8)4-6-15(12,13)14;11-7-5-9-1-3-10(4-2-9)6-8-15(12,13)14;9-13(10,11)7-1-2-8-3-5-12-6-4-8/h8-9,11H,1-7H2,(H,12,13,14);11H,1-8H2,(H,12,13,14);1-7H2,(H,9,10,11). The number of hydrogen-bond acceptors (Lipinski definition) is 14. The molecule has 0 saturated carbocycles. The first-order valence-electron chi connectivity index (χ1n) is 14.4. The lowest BCUT2D eigenvalue weighted by molar-refractivity contribution is 0.0380. The van der Waals surface area contributed by atoms with Gasteiger partial charge in [-0.15, -0.1) is 0 Å². The molecule has 0 spiro atoms. The van der Waals surface area contributed by atoms with Crippen LogP contribution in [-0.4, -0.2) is 204 Å².